The van der Waals surface area contributed by atoms with Crippen molar-refractivity contribution in [1.82, 2.24) is 0 Å². The quantitative estimate of drug-likeness (QED) is 0.294. The normalized spacial score (nSPS) is 16.0. The molecule has 168 valence electrons. The van der Waals surface area contributed by atoms with Gasteiger partial charge >= 0.3 is 23.9 Å². The summed E-state index contributed by atoms with van der Waals surface area (Å²) in [7, 11) is 4.04. The lowest BCUT2D eigenvalue weighted by Gasteiger charge is -2.37. The van der Waals surface area contributed by atoms with Crippen LogP contribution in [0.1, 0.15) is 27.7 Å². The zero-order valence-electron chi connectivity index (χ0n) is 17.8. The van der Waals surface area contributed by atoms with E-state index >= 15 is 0 Å². The Morgan fingerprint density at radius 1 is 0.586 bits per heavy atom. The lowest BCUT2D eigenvalue weighted by atomic mass is 9.98. The van der Waals surface area contributed by atoms with Crippen LogP contribution in [0.5, 0.6) is 0 Å². The lowest BCUT2D eigenvalue weighted by molar-refractivity contribution is -0.211. The van der Waals surface area contributed by atoms with Gasteiger partial charge in [-0.1, -0.05) is 0 Å². The summed E-state index contributed by atoms with van der Waals surface area (Å²) in [5.41, 5.74) is 0. The van der Waals surface area contributed by atoms with E-state index in [-0.39, 0.29) is 13.2 Å². The van der Waals surface area contributed by atoms with Crippen LogP contribution in [0.15, 0.2) is 0 Å². The van der Waals surface area contributed by atoms with Crippen molar-refractivity contribution in [2.45, 2.75) is 58.2 Å². The summed E-state index contributed by atoms with van der Waals surface area (Å²) in [6.45, 7) is 4.29. The van der Waals surface area contributed by atoms with E-state index in [1.54, 1.807) is 0 Å². The highest BCUT2D eigenvalue weighted by atomic mass is 16.6. The third-order valence-corrected chi connectivity index (χ3v) is 3.67. The highest BCUT2D eigenvalue weighted by molar-refractivity contribution is 5.68. The highest BCUT2D eigenvalue weighted by Gasteiger charge is 2.46. The maximum atomic E-state index is 11.8. The van der Waals surface area contributed by atoms with Crippen molar-refractivity contribution < 1.29 is 52.3 Å². The van der Waals surface area contributed by atoms with Gasteiger partial charge in [-0.05, 0) is 0 Å². The first-order valence-corrected chi connectivity index (χ1v) is 8.76. The molecule has 0 heterocycles. The van der Waals surface area contributed by atoms with E-state index < -0.39 is 54.4 Å². The van der Waals surface area contributed by atoms with Crippen LogP contribution in [0.3, 0.4) is 0 Å². The summed E-state index contributed by atoms with van der Waals surface area (Å²) in [5.74, 6) is -2.75. The second-order valence-corrected chi connectivity index (χ2v) is 6.03. The Morgan fingerprint density at radius 3 is 1.28 bits per heavy atom. The number of esters is 4. The zero-order chi connectivity index (χ0) is 22.6. The number of methoxy groups -OCH3 is 3. The maximum Gasteiger partial charge on any atom is 0.303 e. The van der Waals surface area contributed by atoms with Gasteiger partial charge in [-0.3, -0.25) is 19.2 Å². The Hall–Kier alpha value is -2.24. The van der Waals surface area contributed by atoms with Gasteiger partial charge in [0.2, 0.25) is 0 Å². The van der Waals surface area contributed by atoms with E-state index in [4.69, 9.17) is 33.2 Å². The minimum absolute atomic E-state index is 0.0272. The molecule has 29 heavy (non-hydrogen) atoms. The van der Waals surface area contributed by atoms with Crippen LogP contribution in [-0.2, 0) is 52.3 Å². The van der Waals surface area contributed by atoms with E-state index in [1.165, 1.54) is 28.3 Å². The molecule has 0 amide bonds. The first-order valence-electron chi connectivity index (χ1n) is 8.76. The van der Waals surface area contributed by atoms with Crippen LogP contribution in [0.4, 0.5) is 0 Å². The van der Waals surface area contributed by atoms with E-state index in [1.807, 2.05) is 0 Å². The summed E-state index contributed by atoms with van der Waals surface area (Å²) >= 11 is 0. The molecule has 0 rings (SSSR count). The number of rotatable bonds is 13. The van der Waals surface area contributed by atoms with Crippen molar-refractivity contribution >= 4 is 23.9 Å². The van der Waals surface area contributed by atoms with Crippen molar-refractivity contribution in [1.29, 1.82) is 0 Å². The number of carbonyl (C=O) groups is 4. The predicted molar refractivity (Wildman–Crippen MR) is 96.8 cm³/mol. The molecule has 0 spiro atoms. The van der Waals surface area contributed by atoms with Gasteiger partial charge in [0.15, 0.2) is 18.3 Å². The number of hydrogen-bond donors (Lipinski definition) is 0. The van der Waals surface area contributed by atoms with Crippen molar-refractivity contribution in [3.63, 3.8) is 0 Å². The lowest BCUT2D eigenvalue weighted by Crippen LogP contribution is -2.56. The van der Waals surface area contributed by atoms with Crippen molar-refractivity contribution in [2.24, 2.45) is 0 Å². The Morgan fingerprint density at radius 2 is 0.966 bits per heavy atom. The molecule has 0 N–H and O–H groups in total. The molecule has 0 aliphatic rings. The molecule has 0 aliphatic carbocycles. The number of carbonyl (C=O) groups excluding carboxylic acids is 4. The van der Waals surface area contributed by atoms with Gasteiger partial charge in [0.05, 0.1) is 6.61 Å². The molecule has 0 aliphatic heterocycles. The standard InChI is InChI=1S/C18H30O11/c1-10(19)26-9-15(25-7)17(28-12(3)21)18(29-13(4)22)16(27-11(2)20)14(24-6)8-23-5/h14-18H,8-9H2,1-7H3/t14-,15+,16+,17+,18+/m0/s1. The Labute approximate surface area is 169 Å². The summed E-state index contributed by atoms with van der Waals surface area (Å²) in [5, 5.41) is 0. The zero-order valence-corrected chi connectivity index (χ0v) is 17.8. The van der Waals surface area contributed by atoms with Crippen molar-refractivity contribution in [3.8, 4) is 0 Å². The molecule has 0 unspecified atom stereocenters. The molecular weight excluding hydrogens is 392 g/mol. The molecule has 0 aromatic carbocycles. The summed E-state index contributed by atoms with van der Waals surface area (Å²) in [6.07, 6.45) is -5.77. The smallest absolute Gasteiger partial charge is 0.303 e. The summed E-state index contributed by atoms with van der Waals surface area (Å²) in [6, 6.07) is 0. The fourth-order valence-electron chi connectivity index (χ4n) is 2.56. The number of hydrogen-bond acceptors (Lipinski definition) is 11. The van der Waals surface area contributed by atoms with E-state index in [2.05, 4.69) is 0 Å². The maximum absolute atomic E-state index is 11.8. The van der Waals surface area contributed by atoms with Crippen molar-refractivity contribution in [3.05, 3.63) is 0 Å². The molecule has 0 aromatic rings. The number of ether oxygens (including phenoxy) is 7. The third-order valence-electron chi connectivity index (χ3n) is 3.67. The second kappa shape index (κ2) is 13.9. The van der Waals surface area contributed by atoms with Gasteiger partial charge in [0.1, 0.15) is 18.8 Å². The molecular formula is C18H30O11. The second-order valence-electron chi connectivity index (χ2n) is 6.03. The highest BCUT2D eigenvalue weighted by Crippen LogP contribution is 2.23. The molecule has 0 saturated carbocycles. The molecule has 5 atom stereocenters. The Bertz CT molecular complexity index is 548. The van der Waals surface area contributed by atoms with Crippen molar-refractivity contribution in [2.75, 3.05) is 34.5 Å². The summed E-state index contributed by atoms with van der Waals surface area (Å²) < 4.78 is 36.6. The largest absolute Gasteiger partial charge is 0.463 e. The first-order chi connectivity index (χ1) is 13.6. The van der Waals surface area contributed by atoms with Crippen LogP contribution in [0, 0.1) is 0 Å². The minimum Gasteiger partial charge on any atom is -0.463 e. The topological polar surface area (TPSA) is 133 Å². The monoisotopic (exact) mass is 422 g/mol. The minimum atomic E-state index is -1.35. The van der Waals surface area contributed by atoms with Gasteiger partial charge < -0.3 is 33.2 Å². The predicted octanol–water partition coefficient (Wildman–Crippen LogP) is 0.0210. The SMILES string of the molecule is COC[C@H](OC)[C@@H](OC(C)=O)[C@@H](OC(C)=O)[C@H](OC(C)=O)[C@@H](COC(C)=O)OC. The van der Waals surface area contributed by atoms with Gasteiger partial charge in [-0.2, -0.15) is 0 Å². The average molecular weight is 422 g/mol. The fraction of sp³-hybridized carbons (Fsp3) is 0.778. The van der Waals surface area contributed by atoms with Gasteiger partial charge in [-0.15, -0.1) is 0 Å². The first kappa shape index (κ1) is 26.8. The van der Waals surface area contributed by atoms with E-state index in [0.717, 1.165) is 20.8 Å². The fourth-order valence-corrected chi connectivity index (χ4v) is 2.56. The van der Waals surface area contributed by atoms with E-state index in [9.17, 15) is 19.2 Å². The molecule has 0 aromatic heterocycles. The molecule has 0 bridgehead atoms. The Kier molecular flexibility index (Phi) is 12.8. The average Bonchev–Trinajstić information content (AvgIpc) is 2.61. The van der Waals surface area contributed by atoms with Crippen LogP contribution < -0.4 is 0 Å². The van der Waals surface area contributed by atoms with Crippen LogP contribution in [0.2, 0.25) is 0 Å². The van der Waals surface area contributed by atoms with Gasteiger partial charge in [-0.25, -0.2) is 0 Å². The third kappa shape index (κ3) is 10.2. The van der Waals surface area contributed by atoms with Crippen LogP contribution in [0.25, 0.3) is 0 Å². The van der Waals surface area contributed by atoms with Crippen LogP contribution in [-0.4, -0.2) is 88.9 Å². The van der Waals surface area contributed by atoms with Gasteiger partial charge in [0, 0.05) is 49.0 Å². The molecule has 11 heteroatoms. The molecule has 0 saturated heterocycles. The summed E-state index contributed by atoms with van der Waals surface area (Å²) in [4.78, 5) is 46.4. The molecule has 0 fully saturated rings. The van der Waals surface area contributed by atoms with E-state index in [0.29, 0.717) is 0 Å². The van der Waals surface area contributed by atoms with Crippen LogP contribution >= 0.6 is 0 Å². The molecule has 0 radical (unpaired) electrons. The molecule has 11 nitrogen and oxygen atoms in total. The van der Waals surface area contributed by atoms with Gasteiger partial charge in [0.25, 0.3) is 0 Å². The Balaban J connectivity index is 6.19.